The molecule has 5 heterocycles. The van der Waals surface area contributed by atoms with Crippen molar-refractivity contribution in [3.8, 4) is 51.2 Å². The standard InChI is InChI=1S/C54H31N7/c1-2-14-34(15-3-1)59-43-22-10-8-18-37(43)41-30-32(26-28-47(41)59)33-27-29-48-42(31-33)38-19-9-13-25-46(38)61(48)54-56-51-40-21-5-4-20-39(40)50-49(51)52(58-54)57-53(55-50)60-44-23-11-6-16-35(44)36-17-7-12-24-45(36)60/h1-31H. The fourth-order valence-electron chi connectivity index (χ4n) is 10.0. The first kappa shape index (κ1) is 32.5. The Morgan fingerprint density at radius 2 is 0.672 bits per heavy atom. The van der Waals surface area contributed by atoms with E-state index in [0.29, 0.717) is 17.5 Å². The van der Waals surface area contributed by atoms with Gasteiger partial charge < -0.3 is 4.57 Å². The number of fused-ring (bicyclic) bond motifs is 12. The van der Waals surface area contributed by atoms with E-state index in [2.05, 4.69) is 202 Å². The van der Waals surface area contributed by atoms with E-state index in [9.17, 15) is 0 Å². The molecule has 0 aliphatic heterocycles. The van der Waals surface area contributed by atoms with E-state index in [1.807, 2.05) is 0 Å². The molecular weight excluding hydrogens is 747 g/mol. The molecule has 7 heteroatoms. The van der Waals surface area contributed by atoms with Crippen LogP contribution in [0.5, 0.6) is 0 Å². The molecule has 5 aromatic heterocycles. The fraction of sp³-hybridized carbons (Fsp3) is 0. The Balaban J connectivity index is 0.985. The Kier molecular flexibility index (Phi) is 6.43. The Morgan fingerprint density at radius 1 is 0.295 bits per heavy atom. The molecule has 8 aromatic carbocycles. The summed E-state index contributed by atoms with van der Waals surface area (Å²) in [4.78, 5) is 21.3. The van der Waals surface area contributed by atoms with Gasteiger partial charge in [0.05, 0.1) is 49.9 Å². The lowest BCUT2D eigenvalue weighted by molar-refractivity contribution is 0.976. The minimum absolute atomic E-state index is 0.575. The van der Waals surface area contributed by atoms with Crippen molar-refractivity contribution in [2.45, 2.75) is 0 Å². The second-order valence-corrected chi connectivity index (χ2v) is 15.9. The van der Waals surface area contributed by atoms with Crippen LogP contribution in [0.15, 0.2) is 188 Å². The number of para-hydroxylation sites is 5. The summed E-state index contributed by atoms with van der Waals surface area (Å²) in [5, 5.41) is 7.92. The number of nitrogens with zero attached hydrogens (tertiary/aromatic N) is 7. The van der Waals surface area contributed by atoms with Gasteiger partial charge in [-0.25, -0.2) is 9.97 Å². The van der Waals surface area contributed by atoms with Gasteiger partial charge in [0.2, 0.25) is 11.9 Å². The minimum Gasteiger partial charge on any atom is -0.309 e. The topological polar surface area (TPSA) is 66.3 Å². The summed E-state index contributed by atoms with van der Waals surface area (Å²) in [6.07, 6.45) is 0. The summed E-state index contributed by atoms with van der Waals surface area (Å²) < 4.78 is 6.73. The molecule has 0 spiro atoms. The molecule has 13 aromatic rings. The van der Waals surface area contributed by atoms with Crippen molar-refractivity contribution in [1.29, 1.82) is 0 Å². The monoisotopic (exact) mass is 777 g/mol. The third-order valence-electron chi connectivity index (χ3n) is 12.6. The summed E-state index contributed by atoms with van der Waals surface area (Å²) in [5.74, 6) is 1.16. The first-order chi connectivity index (χ1) is 30.3. The molecule has 14 rings (SSSR count). The van der Waals surface area contributed by atoms with Crippen LogP contribution in [0.25, 0.3) is 128 Å². The largest absolute Gasteiger partial charge is 0.309 e. The molecule has 0 saturated carbocycles. The number of hydrogen-bond acceptors (Lipinski definition) is 4. The van der Waals surface area contributed by atoms with Gasteiger partial charge >= 0.3 is 0 Å². The van der Waals surface area contributed by atoms with Gasteiger partial charge in [-0.2, -0.15) is 9.97 Å². The van der Waals surface area contributed by atoms with E-state index in [-0.39, 0.29) is 0 Å². The number of hydrogen-bond donors (Lipinski definition) is 0. The normalized spacial score (nSPS) is 12.3. The smallest absolute Gasteiger partial charge is 0.237 e. The molecule has 7 nitrogen and oxygen atoms in total. The molecule has 1 aliphatic rings. The van der Waals surface area contributed by atoms with E-state index in [4.69, 9.17) is 19.9 Å². The molecule has 0 fully saturated rings. The van der Waals surface area contributed by atoms with Crippen LogP contribution in [0.4, 0.5) is 0 Å². The SMILES string of the molecule is c1ccc(-n2c3ccccc3c3cc(-c4ccc5c(c4)c4ccccc4n5-c4nc5c6c(nc(-n7c8ccccc8c8ccccc87)nc6n4)-c4ccccc4-5)ccc32)cc1. The van der Waals surface area contributed by atoms with Crippen molar-refractivity contribution in [3.05, 3.63) is 188 Å². The van der Waals surface area contributed by atoms with Gasteiger partial charge in [0.25, 0.3) is 0 Å². The quantitative estimate of drug-likeness (QED) is 0.178. The maximum absolute atomic E-state index is 5.38. The maximum Gasteiger partial charge on any atom is 0.237 e. The van der Waals surface area contributed by atoms with Crippen LogP contribution in [0.1, 0.15) is 0 Å². The second kappa shape index (κ2) is 12.1. The van der Waals surface area contributed by atoms with Crippen molar-refractivity contribution in [2.75, 3.05) is 0 Å². The number of benzene rings is 8. The molecule has 0 atom stereocenters. The molecule has 0 bridgehead atoms. The van der Waals surface area contributed by atoms with Crippen LogP contribution >= 0.6 is 0 Å². The van der Waals surface area contributed by atoms with E-state index >= 15 is 0 Å². The van der Waals surface area contributed by atoms with E-state index in [1.165, 1.54) is 21.8 Å². The summed E-state index contributed by atoms with van der Waals surface area (Å²) >= 11 is 0. The predicted molar refractivity (Wildman–Crippen MR) is 248 cm³/mol. The highest BCUT2D eigenvalue weighted by Crippen LogP contribution is 2.46. The zero-order valence-electron chi connectivity index (χ0n) is 32.5. The van der Waals surface area contributed by atoms with Gasteiger partial charge in [0.1, 0.15) is 0 Å². The van der Waals surface area contributed by atoms with E-state index < -0.39 is 0 Å². The highest BCUT2D eigenvalue weighted by atomic mass is 15.2. The van der Waals surface area contributed by atoms with Gasteiger partial charge in [-0.3, -0.25) is 9.13 Å². The third kappa shape index (κ3) is 4.46. The molecule has 0 saturated heterocycles. The Bertz CT molecular complexity index is 3950. The summed E-state index contributed by atoms with van der Waals surface area (Å²) in [6.45, 7) is 0. The van der Waals surface area contributed by atoms with Crippen LogP contribution in [0.2, 0.25) is 0 Å². The molecule has 0 unspecified atom stereocenters. The van der Waals surface area contributed by atoms with Crippen LogP contribution < -0.4 is 0 Å². The number of rotatable bonds is 4. The number of aromatic nitrogens is 7. The Labute approximate surface area is 348 Å². The van der Waals surface area contributed by atoms with Crippen molar-refractivity contribution in [3.63, 3.8) is 0 Å². The fourth-order valence-corrected chi connectivity index (χ4v) is 10.0. The van der Waals surface area contributed by atoms with Crippen molar-refractivity contribution in [1.82, 2.24) is 33.6 Å². The van der Waals surface area contributed by atoms with Gasteiger partial charge in [-0.05, 0) is 71.8 Å². The third-order valence-corrected chi connectivity index (χ3v) is 12.6. The second-order valence-electron chi connectivity index (χ2n) is 15.9. The van der Waals surface area contributed by atoms with Crippen LogP contribution in [0.3, 0.4) is 0 Å². The van der Waals surface area contributed by atoms with E-state index in [0.717, 1.165) is 88.3 Å². The van der Waals surface area contributed by atoms with Crippen molar-refractivity contribution < 1.29 is 0 Å². The van der Waals surface area contributed by atoms with Gasteiger partial charge in [0.15, 0.2) is 5.65 Å². The zero-order chi connectivity index (χ0) is 39.8. The van der Waals surface area contributed by atoms with Crippen LogP contribution in [-0.2, 0) is 0 Å². The van der Waals surface area contributed by atoms with Gasteiger partial charge in [-0.1, -0.05) is 127 Å². The van der Waals surface area contributed by atoms with Crippen LogP contribution in [-0.4, -0.2) is 33.6 Å². The average molecular weight is 778 g/mol. The summed E-state index contributed by atoms with van der Waals surface area (Å²) in [5.41, 5.74) is 14.4. The molecule has 0 amide bonds. The minimum atomic E-state index is 0.575. The molecule has 61 heavy (non-hydrogen) atoms. The lowest BCUT2D eigenvalue weighted by Gasteiger charge is -2.11. The molecule has 1 aliphatic carbocycles. The lowest BCUT2D eigenvalue weighted by atomic mass is 10.0. The first-order valence-corrected chi connectivity index (χ1v) is 20.6. The highest BCUT2D eigenvalue weighted by Gasteiger charge is 2.29. The molecular formula is C54H31N7. The summed E-state index contributed by atoms with van der Waals surface area (Å²) in [6, 6.07) is 66.8. The van der Waals surface area contributed by atoms with Gasteiger partial charge in [0, 0.05) is 49.1 Å². The highest BCUT2D eigenvalue weighted by molar-refractivity contribution is 6.15. The van der Waals surface area contributed by atoms with Gasteiger partial charge in [-0.15, -0.1) is 0 Å². The van der Waals surface area contributed by atoms with Crippen LogP contribution in [0, 0.1) is 0 Å². The van der Waals surface area contributed by atoms with Crippen molar-refractivity contribution >= 4 is 76.5 Å². The Hall–Kier alpha value is -8.42. The summed E-state index contributed by atoms with van der Waals surface area (Å²) in [7, 11) is 0. The zero-order valence-corrected chi connectivity index (χ0v) is 32.5. The first-order valence-electron chi connectivity index (χ1n) is 20.6. The molecule has 0 radical (unpaired) electrons. The lowest BCUT2D eigenvalue weighted by Crippen LogP contribution is -2.06. The maximum atomic E-state index is 5.38. The molecule has 282 valence electrons. The Morgan fingerprint density at radius 3 is 1.16 bits per heavy atom. The predicted octanol–water partition coefficient (Wildman–Crippen LogP) is 13.0. The van der Waals surface area contributed by atoms with E-state index in [1.54, 1.807) is 0 Å². The molecule has 0 N–H and O–H groups in total. The van der Waals surface area contributed by atoms with Crippen molar-refractivity contribution in [2.24, 2.45) is 0 Å². The average Bonchev–Trinajstić information content (AvgIpc) is 4.04.